The number of hydrogen-bond acceptors (Lipinski definition) is 3. The van der Waals surface area contributed by atoms with Gasteiger partial charge in [-0.2, -0.15) is 0 Å². The zero-order chi connectivity index (χ0) is 15.2. The number of fused-ring (bicyclic) bond motifs is 1. The predicted octanol–water partition coefficient (Wildman–Crippen LogP) is 2.73. The fraction of sp³-hybridized carbons (Fsp3) is 0.353. The molecule has 0 radical (unpaired) electrons. The first-order valence-corrected chi connectivity index (χ1v) is 7.09. The van der Waals surface area contributed by atoms with Crippen molar-refractivity contribution < 1.29 is 14.4 Å². The van der Waals surface area contributed by atoms with Crippen molar-refractivity contribution in [1.82, 2.24) is 0 Å². The van der Waals surface area contributed by atoms with Gasteiger partial charge in [-0.3, -0.25) is 14.4 Å². The maximum absolute atomic E-state index is 12.7. The topological polar surface area (TPSA) is 54.5 Å². The fourth-order valence-corrected chi connectivity index (χ4v) is 3.19. The normalized spacial score (nSPS) is 27.9. The van der Waals surface area contributed by atoms with Crippen LogP contribution in [0.2, 0.25) is 0 Å². The Balaban J connectivity index is 2.04. The molecular formula is C17H17NO3. The molecule has 1 heterocycles. The number of imide groups is 1. The summed E-state index contributed by atoms with van der Waals surface area (Å²) in [6.07, 6.45) is 5.12. The van der Waals surface area contributed by atoms with Gasteiger partial charge in [-0.25, -0.2) is 4.90 Å². The monoisotopic (exact) mass is 283 g/mol. The SMILES string of the molecule is CC(=O)c1cccc(N2C(=O)C3CC=CCC3(C)C2=O)c1. The van der Waals surface area contributed by atoms with E-state index in [1.165, 1.54) is 11.8 Å². The summed E-state index contributed by atoms with van der Waals surface area (Å²) in [5, 5.41) is 0. The summed E-state index contributed by atoms with van der Waals surface area (Å²) in [6.45, 7) is 3.33. The molecule has 0 aromatic heterocycles. The Kier molecular flexibility index (Phi) is 3.04. The predicted molar refractivity (Wildman–Crippen MR) is 78.9 cm³/mol. The molecule has 0 saturated carbocycles. The third-order valence-electron chi connectivity index (χ3n) is 4.57. The molecule has 1 aromatic carbocycles. The van der Waals surface area contributed by atoms with Crippen LogP contribution in [-0.2, 0) is 9.59 Å². The van der Waals surface area contributed by atoms with E-state index in [0.717, 1.165) is 0 Å². The number of amides is 2. The van der Waals surface area contributed by atoms with Crippen molar-refractivity contribution in [2.24, 2.45) is 11.3 Å². The third kappa shape index (κ3) is 1.94. The van der Waals surface area contributed by atoms with Crippen LogP contribution in [0.1, 0.15) is 37.0 Å². The molecule has 0 bridgehead atoms. The number of nitrogens with zero attached hydrogens (tertiary/aromatic N) is 1. The van der Waals surface area contributed by atoms with E-state index >= 15 is 0 Å². The zero-order valence-corrected chi connectivity index (χ0v) is 12.1. The minimum atomic E-state index is -0.655. The summed E-state index contributed by atoms with van der Waals surface area (Å²) in [7, 11) is 0. The lowest BCUT2D eigenvalue weighted by molar-refractivity contribution is -0.126. The number of anilines is 1. The Morgan fingerprint density at radius 2 is 2.05 bits per heavy atom. The molecular weight excluding hydrogens is 266 g/mol. The van der Waals surface area contributed by atoms with Crippen molar-refractivity contribution in [1.29, 1.82) is 0 Å². The van der Waals surface area contributed by atoms with E-state index in [4.69, 9.17) is 0 Å². The zero-order valence-electron chi connectivity index (χ0n) is 12.1. The number of rotatable bonds is 2. The fourth-order valence-electron chi connectivity index (χ4n) is 3.19. The van der Waals surface area contributed by atoms with Gasteiger partial charge in [0.1, 0.15) is 0 Å². The van der Waals surface area contributed by atoms with E-state index in [0.29, 0.717) is 24.1 Å². The van der Waals surface area contributed by atoms with Gasteiger partial charge in [-0.1, -0.05) is 24.3 Å². The van der Waals surface area contributed by atoms with Crippen molar-refractivity contribution in [2.75, 3.05) is 4.90 Å². The molecule has 4 nitrogen and oxygen atoms in total. The summed E-state index contributed by atoms with van der Waals surface area (Å²) in [4.78, 5) is 38.1. The van der Waals surface area contributed by atoms with Gasteiger partial charge in [0, 0.05) is 5.56 Å². The summed E-state index contributed by atoms with van der Waals surface area (Å²) in [5.41, 5.74) is 0.345. The number of carbonyl (C=O) groups is 3. The second-order valence-electron chi connectivity index (χ2n) is 5.97. The lowest BCUT2D eigenvalue weighted by Crippen LogP contribution is -2.35. The summed E-state index contributed by atoms with van der Waals surface area (Å²) < 4.78 is 0. The first-order chi connectivity index (χ1) is 9.95. The van der Waals surface area contributed by atoms with Gasteiger partial charge in [-0.05, 0) is 38.8 Å². The van der Waals surface area contributed by atoms with Crippen LogP contribution < -0.4 is 4.90 Å². The highest BCUT2D eigenvalue weighted by Crippen LogP contribution is 2.47. The van der Waals surface area contributed by atoms with E-state index in [1.807, 2.05) is 19.1 Å². The van der Waals surface area contributed by atoms with Gasteiger partial charge in [0.25, 0.3) is 0 Å². The van der Waals surface area contributed by atoms with Gasteiger partial charge in [-0.15, -0.1) is 0 Å². The molecule has 1 aromatic rings. The Bertz CT molecular complexity index is 676. The Morgan fingerprint density at radius 3 is 2.71 bits per heavy atom. The minimum absolute atomic E-state index is 0.0822. The number of benzene rings is 1. The highest BCUT2D eigenvalue weighted by Gasteiger charge is 2.56. The Morgan fingerprint density at radius 1 is 1.29 bits per heavy atom. The van der Waals surface area contributed by atoms with E-state index in [-0.39, 0.29) is 23.5 Å². The molecule has 21 heavy (non-hydrogen) atoms. The van der Waals surface area contributed by atoms with Crippen LogP contribution >= 0.6 is 0 Å². The molecule has 1 aliphatic carbocycles. The summed E-state index contributed by atoms with van der Waals surface area (Å²) in [6, 6.07) is 6.71. The van der Waals surface area contributed by atoms with E-state index in [1.54, 1.807) is 24.3 Å². The van der Waals surface area contributed by atoms with Crippen LogP contribution in [0.5, 0.6) is 0 Å². The minimum Gasteiger partial charge on any atom is -0.295 e. The van der Waals surface area contributed by atoms with Gasteiger partial charge in [0.15, 0.2) is 5.78 Å². The standard InChI is InChI=1S/C17H17NO3/c1-11(19)12-6-5-7-13(10-12)18-15(20)14-8-3-4-9-17(14,2)16(18)21/h3-7,10,14H,8-9H2,1-2H3. The van der Waals surface area contributed by atoms with Crippen LogP contribution in [0.25, 0.3) is 0 Å². The number of allylic oxidation sites excluding steroid dienone is 2. The maximum atomic E-state index is 12.7. The quantitative estimate of drug-likeness (QED) is 0.476. The van der Waals surface area contributed by atoms with Crippen molar-refractivity contribution >= 4 is 23.3 Å². The average Bonchev–Trinajstić information content (AvgIpc) is 2.67. The molecule has 0 N–H and O–H groups in total. The number of hydrogen-bond donors (Lipinski definition) is 0. The number of ketones is 1. The van der Waals surface area contributed by atoms with E-state index in [9.17, 15) is 14.4 Å². The highest BCUT2D eigenvalue weighted by atomic mass is 16.2. The molecule has 1 fully saturated rings. The summed E-state index contributed by atoms with van der Waals surface area (Å²) >= 11 is 0. The summed E-state index contributed by atoms with van der Waals surface area (Å²) in [5.74, 6) is -0.702. The molecule has 108 valence electrons. The molecule has 0 spiro atoms. The van der Waals surface area contributed by atoms with Gasteiger partial charge in [0.2, 0.25) is 11.8 Å². The van der Waals surface area contributed by atoms with E-state index in [2.05, 4.69) is 0 Å². The molecule has 1 saturated heterocycles. The molecule has 2 amide bonds. The molecule has 2 atom stereocenters. The van der Waals surface area contributed by atoms with Crippen molar-refractivity contribution in [3.05, 3.63) is 42.0 Å². The lowest BCUT2D eigenvalue weighted by atomic mass is 9.72. The molecule has 1 aliphatic heterocycles. The van der Waals surface area contributed by atoms with Crippen molar-refractivity contribution in [3.63, 3.8) is 0 Å². The second kappa shape index (κ2) is 4.65. The van der Waals surface area contributed by atoms with Crippen LogP contribution in [-0.4, -0.2) is 17.6 Å². The average molecular weight is 283 g/mol. The molecule has 2 unspecified atom stereocenters. The van der Waals surface area contributed by atoms with Crippen LogP contribution in [0.15, 0.2) is 36.4 Å². The highest BCUT2D eigenvalue weighted by molar-refractivity contribution is 6.24. The van der Waals surface area contributed by atoms with Crippen LogP contribution in [0.3, 0.4) is 0 Å². The lowest BCUT2D eigenvalue weighted by Gasteiger charge is -2.27. The number of carbonyl (C=O) groups excluding carboxylic acids is 3. The third-order valence-corrected chi connectivity index (χ3v) is 4.57. The Labute approximate surface area is 123 Å². The molecule has 2 aliphatic rings. The first-order valence-electron chi connectivity index (χ1n) is 7.09. The van der Waals surface area contributed by atoms with Crippen LogP contribution in [0, 0.1) is 11.3 Å². The van der Waals surface area contributed by atoms with Gasteiger partial charge >= 0.3 is 0 Å². The molecule has 4 heteroatoms. The Hall–Kier alpha value is -2.23. The van der Waals surface area contributed by atoms with Crippen molar-refractivity contribution in [2.45, 2.75) is 26.7 Å². The maximum Gasteiger partial charge on any atom is 0.240 e. The molecule has 3 rings (SSSR count). The van der Waals surface area contributed by atoms with Crippen molar-refractivity contribution in [3.8, 4) is 0 Å². The largest absolute Gasteiger partial charge is 0.295 e. The first kappa shape index (κ1) is 13.7. The van der Waals surface area contributed by atoms with Crippen LogP contribution in [0.4, 0.5) is 5.69 Å². The van der Waals surface area contributed by atoms with Gasteiger partial charge in [0.05, 0.1) is 17.0 Å². The second-order valence-corrected chi connectivity index (χ2v) is 5.97. The van der Waals surface area contributed by atoms with E-state index < -0.39 is 5.41 Å². The number of Topliss-reactive ketones (excluding diaryl/α,β-unsaturated/α-hetero) is 1. The smallest absolute Gasteiger partial charge is 0.240 e. The van der Waals surface area contributed by atoms with Gasteiger partial charge < -0.3 is 0 Å².